The normalized spacial score (nSPS) is 16.2. The highest BCUT2D eigenvalue weighted by Gasteiger charge is 2.38. The number of rotatable bonds is 5. The van der Waals surface area contributed by atoms with Crippen molar-refractivity contribution in [3.05, 3.63) is 101 Å². The number of hydrogen-bond acceptors (Lipinski definition) is 6. The van der Waals surface area contributed by atoms with Crippen molar-refractivity contribution in [2.75, 3.05) is 10.6 Å². The molecule has 0 radical (unpaired) electrons. The van der Waals surface area contributed by atoms with Gasteiger partial charge in [0.05, 0.1) is 22.5 Å². The van der Waals surface area contributed by atoms with E-state index in [2.05, 4.69) is 15.6 Å². The Morgan fingerprint density at radius 1 is 0.971 bits per heavy atom. The Bertz CT molecular complexity index is 1350. The molecule has 0 aliphatic carbocycles. The van der Waals surface area contributed by atoms with Crippen molar-refractivity contribution in [2.45, 2.75) is 5.25 Å². The van der Waals surface area contributed by atoms with E-state index >= 15 is 0 Å². The third kappa shape index (κ3) is 5.12. The summed E-state index contributed by atoms with van der Waals surface area (Å²) in [5.74, 6) is -0.949. The van der Waals surface area contributed by atoms with Crippen LogP contribution in [-0.2, 0) is 9.59 Å². The molecule has 34 heavy (non-hydrogen) atoms. The first-order valence-corrected chi connectivity index (χ1v) is 11.4. The number of hydrogen-bond donors (Lipinski definition) is 3. The lowest BCUT2D eigenvalue weighted by molar-refractivity contribution is -0.115. The summed E-state index contributed by atoms with van der Waals surface area (Å²) >= 11 is 7.00. The number of halogens is 1. The van der Waals surface area contributed by atoms with E-state index in [1.54, 1.807) is 60.7 Å². The first kappa shape index (κ1) is 23.1. The Balaban J connectivity index is 1.66. The second kappa shape index (κ2) is 10.3. The molecule has 0 bridgehead atoms. The van der Waals surface area contributed by atoms with Crippen molar-refractivity contribution >= 4 is 57.3 Å². The van der Waals surface area contributed by atoms with Gasteiger partial charge in [0.25, 0.3) is 5.91 Å². The summed E-state index contributed by atoms with van der Waals surface area (Å²) in [6, 6.07) is 24.4. The number of benzene rings is 3. The van der Waals surface area contributed by atoms with Gasteiger partial charge >= 0.3 is 0 Å². The molecule has 3 aromatic rings. The molecule has 2 amide bonds. The van der Waals surface area contributed by atoms with Crippen LogP contribution in [0.25, 0.3) is 0 Å². The first-order valence-electron chi connectivity index (χ1n) is 10.1. The van der Waals surface area contributed by atoms with Gasteiger partial charge in [-0.2, -0.15) is 5.26 Å². The lowest BCUT2D eigenvalue weighted by atomic mass is 10.1. The number of amides is 2. The van der Waals surface area contributed by atoms with Crippen LogP contribution in [0.3, 0.4) is 0 Å². The number of carbonyl (C=O) groups is 2. The van der Waals surface area contributed by atoms with E-state index in [1.165, 1.54) is 0 Å². The van der Waals surface area contributed by atoms with Crippen molar-refractivity contribution in [1.29, 1.82) is 5.26 Å². The molecule has 7 nitrogen and oxygen atoms in total. The van der Waals surface area contributed by atoms with Gasteiger partial charge in [0.1, 0.15) is 16.4 Å². The second-order valence-corrected chi connectivity index (χ2v) is 8.72. The highest BCUT2D eigenvalue weighted by Crippen LogP contribution is 2.36. The highest BCUT2D eigenvalue weighted by molar-refractivity contribution is 8.16. The first-order chi connectivity index (χ1) is 16.5. The summed E-state index contributed by atoms with van der Waals surface area (Å²) < 4.78 is 0. The molecule has 1 atom stereocenters. The summed E-state index contributed by atoms with van der Waals surface area (Å²) in [6.07, 6.45) is 0. The van der Waals surface area contributed by atoms with Crippen molar-refractivity contribution in [3.63, 3.8) is 0 Å². The fourth-order valence-electron chi connectivity index (χ4n) is 3.23. The molecule has 0 saturated heterocycles. The van der Waals surface area contributed by atoms with E-state index in [-0.39, 0.29) is 11.3 Å². The average Bonchev–Trinajstić information content (AvgIpc) is 3.17. The van der Waals surface area contributed by atoms with Gasteiger partial charge in [-0.05, 0) is 48.5 Å². The number of para-hydroxylation sites is 2. The van der Waals surface area contributed by atoms with E-state index in [4.69, 9.17) is 17.3 Å². The zero-order chi connectivity index (χ0) is 24.1. The number of carbonyl (C=O) groups excluding carboxylic acids is 2. The van der Waals surface area contributed by atoms with Gasteiger partial charge < -0.3 is 16.4 Å². The number of nitrogens with two attached hydrogens (primary N) is 1. The Morgan fingerprint density at radius 3 is 2.35 bits per heavy atom. The molecule has 0 spiro atoms. The van der Waals surface area contributed by atoms with Crippen LogP contribution in [0.15, 0.2) is 95.1 Å². The quantitative estimate of drug-likeness (QED) is 0.475. The molecule has 1 aliphatic heterocycles. The van der Waals surface area contributed by atoms with Gasteiger partial charge in [-0.25, -0.2) is 4.99 Å². The Hall–Kier alpha value is -4.06. The van der Waals surface area contributed by atoms with Crippen LogP contribution in [0.4, 0.5) is 17.1 Å². The highest BCUT2D eigenvalue weighted by atomic mass is 35.5. The Kier molecular flexibility index (Phi) is 6.97. The number of aliphatic imine (C=N–C) groups is 1. The summed E-state index contributed by atoms with van der Waals surface area (Å²) in [7, 11) is 0. The number of nitrogens with one attached hydrogen (secondary N) is 2. The van der Waals surface area contributed by atoms with Crippen LogP contribution in [0.5, 0.6) is 0 Å². The van der Waals surface area contributed by atoms with Crippen molar-refractivity contribution in [2.24, 2.45) is 10.7 Å². The van der Waals surface area contributed by atoms with Crippen LogP contribution < -0.4 is 16.4 Å². The average molecular weight is 488 g/mol. The molecule has 0 aromatic heterocycles. The van der Waals surface area contributed by atoms with E-state index in [0.29, 0.717) is 32.7 Å². The third-order valence-electron chi connectivity index (χ3n) is 4.87. The fraction of sp³-hybridized carbons (Fsp3) is 0.0400. The molecule has 9 heteroatoms. The van der Waals surface area contributed by atoms with E-state index in [1.807, 2.05) is 24.3 Å². The molecule has 4 N–H and O–H groups in total. The van der Waals surface area contributed by atoms with Gasteiger partial charge in [-0.3, -0.25) is 9.59 Å². The van der Waals surface area contributed by atoms with Crippen molar-refractivity contribution in [3.8, 4) is 6.07 Å². The minimum atomic E-state index is -0.903. The van der Waals surface area contributed by atoms with Gasteiger partial charge in [0, 0.05) is 16.4 Å². The second-order valence-electron chi connectivity index (χ2n) is 7.19. The molecule has 0 saturated carbocycles. The minimum absolute atomic E-state index is 0.0816. The van der Waals surface area contributed by atoms with Crippen molar-refractivity contribution in [1.82, 2.24) is 0 Å². The van der Waals surface area contributed by atoms with E-state index in [0.717, 1.165) is 11.8 Å². The van der Waals surface area contributed by atoms with Crippen LogP contribution in [0.1, 0.15) is 5.56 Å². The SMILES string of the molecule is N#Cc1ccccc1NC(=O)[C@@H]1SC(=Nc2ccccc2)C(C(=O)Nc2ccc(Cl)cc2)=C1N. The monoisotopic (exact) mass is 487 g/mol. The summed E-state index contributed by atoms with van der Waals surface area (Å²) in [5, 5.41) is 14.8. The fourth-order valence-corrected chi connectivity index (χ4v) is 4.47. The lowest BCUT2D eigenvalue weighted by Crippen LogP contribution is -2.29. The molecule has 0 unspecified atom stereocenters. The number of nitriles is 1. The Labute approximate surface area is 205 Å². The molecular weight excluding hydrogens is 470 g/mol. The van der Waals surface area contributed by atoms with Crippen LogP contribution in [0.2, 0.25) is 5.02 Å². The van der Waals surface area contributed by atoms with Gasteiger partial charge in [-0.1, -0.05) is 53.7 Å². The van der Waals surface area contributed by atoms with Gasteiger partial charge in [0.15, 0.2) is 0 Å². The van der Waals surface area contributed by atoms with Crippen LogP contribution in [-0.4, -0.2) is 22.1 Å². The maximum absolute atomic E-state index is 13.2. The number of anilines is 2. The number of nitrogens with zero attached hydrogens (tertiary/aromatic N) is 2. The molecule has 4 rings (SSSR count). The van der Waals surface area contributed by atoms with Crippen molar-refractivity contribution < 1.29 is 9.59 Å². The summed E-state index contributed by atoms with van der Waals surface area (Å²) in [6.45, 7) is 0. The minimum Gasteiger partial charge on any atom is -0.400 e. The maximum Gasteiger partial charge on any atom is 0.260 e. The zero-order valence-electron chi connectivity index (χ0n) is 17.7. The molecule has 168 valence electrons. The molecule has 1 aliphatic rings. The third-order valence-corrected chi connectivity index (χ3v) is 6.35. The van der Waals surface area contributed by atoms with Crippen LogP contribution >= 0.6 is 23.4 Å². The zero-order valence-corrected chi connectivity index (χ0v) is 19.2. The van der Waals surface area contributed by atoms with E-state index < -0.39 is 17.1 Å². The molecule has 3 aromatic carbocycles. The largest absolute Gasteiger partial charge is 0.400 e. The van der Waals surface area contributed by atoms with E-state index in [9.17, 15) is 14.9 Å². The maximum atomic E-state index is 13.2. The molecule has 1 heterocycles. The predicted molar refractivity (Wildman–Crippen MR) is 136 cm³/mol. The molecular formula is C25H18ClN5O2S. The predicted octanol–water partition coefficient (Wildman–Crippen LogP) is 4.85. The lowest BCUT2D eigenvalue weighted by Gasteiger charge is -2.12. The summed E-state index contributed by atoms with van der Waals surface area (Å²) in [4.78, 5) is 30.9. The standard InChI is InChI=1S/C25H18ClN5O2S/c26-16-10-12-18(13-11-16)29-23(32)20-21(28)22(34-25(20)30-17-7-2-1-3-8-17)24(33)31-19-9-5-4-6-15(19)14-27/h1-13,22H,28H2,(H,29,32)(H,31,33)/t22-/m1/s1. The van der Waals surface area contributed by atoms with Crippen LogP contribution in [0, 0.1) is 11.3 Å². The number of thioether (sulfide) groups is 1. The Morgan fingerprint density at radius 2 is 1.65 bits per heavy atom. The summed E-state index contributed by atoms with van der Waals surface area (Å²) in [5.41, 5.74) is 8.37. The molecule has 0 fully saturated rings. The topological polar surface area (TPSA) is 120 Å². The van der Waals surface area contributed by atoms with Gasteiger partial charge in [0.2, 0.25) is 5.91 Å². The smallest absolute Gasteiger partial charge is 0.260 e. The van der Waals surface area contributed by atoms with Gasteiger partial charge in [-0.15, -0.1) is 0 Å².